The molecule has 5 heteroatoms. The number of fused-ring (bicyclic) bond motifs is 2. The van der Waals surface area contributed by atoms with Crippen molar-refractivity contribution in [2.75, 3.05) is 27.2 Å². The summed E-state index contributed by atoms with van der Waals surface area (Å²) in [6, 6.07) is 37.0. The van der Waals surface area contributed by atoms with Crippen LogP contribution in [0.2, 0.25) is 5.04 Å². The molecule has 4 aromatic carbocycles. The number of ether oxygens (including phenoxy) is 1. The Kier molecular flexibility index (Phi) is 8.34. The molecule has 0 spiro atoms. The molecule has 1 atom stereocenters. The number of rotatable bonds is 8. The average Bonchev–Trinajstić information content (AvgIpc) is 3.08. The Labute approximate surface area is 239 Å². The van der Waals surface area contributed by atoms with Crippen LogP contribution in [-0.4, -0.2) is 40.5 Å². The van der Waals surface area contributed by atoms with Crippen LogP contribution in [0.25, 0.3) is 0 Å². The van der Waals surface area contributed by atoms with Crippen LogP contribution in [-0.2, 0) is 11.2 Å². The maximum Gasteiger partial charge on any atom is 0.319 e. The van der Waals surface area contributed by atoms with Crippen molar-refractivity contribution in [3.63, 3.8) is 0 Å². The lowest BCUT2D eigenvalue weighted by Crippen LogP contribution is -2.68. The first kappa shape index (κ1) is 27.7. The van der Waals surface area contributed by atoms with E-state index >= 15 is 0 Å². The molecule has 0 saturated carbocycles. The Hall–Kier alpha value is -2.83. The lowest BCUT2D eigenvalue weighted by atomic mass is 10.0. The van der Waals surface area contributed by atoms with Gasteiger partial charge in [-0.1, -0.05) is 111 Å². The van der Waals surface area contributed by atoms with Crippen LogP contribution in [0.5, 0.6) is 5.75 Å². The van der Waals surface area contributed by atoms with Crippen molar-refractivity contribution >= 4 is 30.5 Å². The summed E-state index contributed by atoms with van der Waals surface area (Å²) in [5.41, 5.74) is 2.55. The molecule has 39 heavy (non-hydrogen) atoms. The van der Waals surface area contributed by atoms with Crippen LogP contribution >= 0.6 is 11.8 Å². The highest BCUT2D eigenvalue weighted by Gasteiger charge is 2.52. The summed E-state index contributed by atoms with van der Waals surface area (Å²) in [5, 5.41) is 2.45. The molecule has 5 rings (SSSR count). The van der Waals surface area contributed by atoms with E-state index in [0.29, 0.717) is 6.61 Å². The minimum atomic E-state index is -2.73. The van der Waals surface area contributed by atoms with Crippen molar-refractivity contribution in [3.8, 4) is 5.75 Å². The second-order valence-electron chi connectivity index (χ2n) is 11.5. The summed E-state index contributed by atoms with van der Waals surface area (Å²) in [7, 11) is 1.45. The van der Waals surface area contributed by atoms with E-state index < -0.39 is 8.32 Å². The van der Waals surface area contributed by atoms with Crippen LogP contribution in [0.3, 0.4) is 0 Å². The fraction of sp³-hybridized carbons (Fsp3) is 0.294. The monoisotopic (exact) mass is 553 g/mol. The predicted octanol–water partition coefficient (Wildman–Crippen LogP) is 6.95. The van der Waals surface area contributed by atoms with Gasteiger partial charge >= 0.3 is 8.32 Å². The van der Waals surface area contributed by atoms with Gasteiger partial charge in [0.2, 0.25) is 0 Å². The molecule has 4 aromatic rings. The second-order valence-corrected chi connectivity index (χ2v) is 16.8. The third-order valence-electron chi connectivity index (χ3n) is 7.47. The summed E-state index contributed by atoms with van der Waals surface area (Å²) >= 11 is 1.84. The van der Waals surface area contributed by atoms with E-state index in [4.69, 9.17) is 9.16 Å². The summed E-state index contributed by atoms with van der Waals surface area (Å²) in [6.07, 6.45) is 0.825. The van der Waals surface area contributed by atoms with Gasteiger partial charge in [-0.25, -0.2) is 0 Å². The number of likely N-dealkylation sites (N-methyl/N-ethyl adjacent to an activating group) is 1. The van der Waals surface area contributed by atoms with E-state index in [9.17, 15) is 0 Å². The minimum Gasteiger partial charge on any atom is -0.534 e. The van der Waals surface area contributed by atoms with Gasteiger partial charge in [0.1, 0.15) is 5.75 Å². The number of hydrogen-bond acceptors (Lipinski definition) is 4. The molecule has 0 radical (unpaired) electrons. The Balaban J connectivity index is 1.60. The van der Waals surface area contributed by atoms with Crippen LogP contribution in [0.1, 0.15) is 38.0 Å². The number of benzene rings is 4. The first-order valence-corrected chi connectivity index (χ1v) is 16.5. The van der Waals surface area contributed by atoms with Crippen LogP contribution in [0, 0.1) is 0 Å². The minimum absolute atomic E-state index is 0.0289. The predicted molar refractivity (Wildman–Crippen MR) is 166 cm³/mol. The quantitative estimate of drug-likeness (QED) is 0.220. The Morgan fingerprint density at radius 1 is 0.795 bits per heavy atom. The number of hydrogen-bond donors (Lipinski definition) is 0. The highest BCUT2D eigenvalue weighted by atomic mass is 32.2. The molecule has 0 bridgehead atoms. The van der Waals surface area contributed by atoms with Gasteiger partial charge in [-0.2, -0.15) is 0 Å². The summed E-state index contributed by atoms with van der Waals surface area (Å²) in [6.45, 7) is 8.54. The van der Waals surface area contributed by atoms with E-state index in [2.05, 4.69) is 143 Å². The normalized spacial score (nSPS) is 15.4. The van der Waals surface area contributed by atoms with Gasteiger partial charge in [-0.3, -0.25) is 0 Å². The Bertz CT molecular complexity index is 1350. The van der Waals surface area contributed by atoms with Crippen molar-refractivity contribution in [2.24, 2.45) is 0 Å². The highest BCUT2D eigenvalue weighted by Crippen LogP contribution is 2.44. The molecule has 1 aliphatic rings. The molecule has 0 aliphatic carbocycles. The first-order chi connectivity index (χ1) is 18.8. The molecule has 1 unspecified atom stereocenters. The highest BCUT2D eigenvalue weighted by molar-refractivity contribution is 7.99. The smallest absolute Gasteiger partial charge is 0.319 e. The second kappa shape index (κ2) is 11.7. The molecule has 0 N–H and O–H groups in total. The Morgan fingerprint density at radius 2 is 1.41 bits per heavy atom. The van der Waals surface area contributed by atoms with Gasteiger partial charge in [0, 0.05) is 22.8 Å². The van der Waals surface area contributed by atoms with Crippen LogP contribution in [0.15, 0.2) is 113 Å². The van der Waals surface area contributed by atoms with Crippen LogP contribution < -0.4 is 14.8 Å². The third-order valence-corrected chi connectivity index (χ3v) is 13.6. The topological polar surface area (TPSA) is 21.7 Å². The van der Waals surface area contributed by atoms with Crippen molar-refractivity contribution in [1.29, 1.82) is 0 Å². The fourth-order valence-electron chi connectivity index (χ4n) is 5.49. The molecular formula is C34H39NO2SSi. The van der Waals surface area contributed by atoms with Gasteiger partial charge in [0.15, 0.2) is 0 Å². The summed E-state index contributed by atoms with van der Waals surface area (Å²) in [4.78, 5) is 4.71. The molecule has 0 aromatic heterocycles. The standard InChI is InChI=1S/C34H39NO2SSi/c1-34(2,3)39(28-15-8-6-9-16-28,29-17-10-7-11-18-29)37-27-20-21-33-30(25-27)31(36-23-22-35(4)5)24-26-14-12-13-19-32(26)38-33/h6-21,25,31H,22-24H2,1-5H3. The fourth-order valence-corrected chi connectivity index (χ4v) is 11.0. The molecule has 3 nitrogen and oxygen atoms in total. The van der Waals surface area contributed by atoms with E-state index in [1.54, 1.807) is 0 Å². The van der Waals surface area contributed by atoms with Gasteiger partial charge in [0.05, 0.1) is 12.7 Å². The third kappa shape index (κ3) is 5.87. The zero-order chi connectivity index (χ0) is 27.5. The van der Waals surface area contributed by atoms with Gasteiger partial charge < -0.3 is 14.1 Å². The summed E-state index contributed by atoms with van der Waals surface area (Å²) < 4.78 is 14.0. The number of nitrogens with zero attached hydrogens (tertiary/aromatic N) is 1. The molecule has 202 valence electrons. The molecule has 1 heterocycles. The molecular weight excluding hydrogens is 515 g/mol. The van der Waals surface area contributed by atoms with Crippen LogP contribution in [0.4, 0.5) is 0 Å². The summed E-state index contributed by atoms with van der Waals surface area (Å²) in [5.74, 6) is 0.913. The van der Waals surface area contributed by atoms with Crippen molar-refractivity contribution in [2.45, 2.75) is 48.1 Å². The van der Waals surface area contributed by atoms with Crippen molar-refractivity contribution in [1.82, 2.24) is 4.90 Å². The zero-order valence-electron chi connectivity index (χ0n) is 23.7. The zero-order valence-corrected chi connectivity index (χ0v) is 25.5. The maximum atomic E-state index is 7.38. The Morgan fingerprint density at radius 3 is 2.03 bits per heavy atom. The lowest BCUT2D eigenvalue weighted by molar-refractivity contribution is 0.0419. The molecule has 0 amide bonds. The van der Waals surface area contributed by atoms with E-state index in [1.165, 1.54) is 31.3 Å². The van der Waals surface area contributed by atoms with Gasteiger partial charge in [-0.15, -0.1) is 0 Å². The molecule has 0 fully saturated rings. The van der Waals surface area contributed by atoms with E-state index in [1.807, 2.05) is 11.8 Å². The maximum absolute atomic E-state index is 7.38. The van der Waals surface area contributed by atoms with E-state index in [-0.39, 0.29) is 11.1 Å². The van der Waals surface area contributed by atoms with Crippen molar-refractivity contribution < 1.29 is 9.16 Å². The SMILES string of the molecule is CN(C)CCOC1Cc2ccccc2Sc2ccc(O[Si](c3ccccc3)(c3ccccc3)C(C)(C)C)cc21. The first-order valence-electron chi connectivity index (χ1n) is 13.7. The van der Waals surface area contributed by atoms with Gasteiger partial charge in [-0.05, 0) is 64.9 Å². The average molecular weight is 554 g/mol. The molecule has 1 aliphatic heterocycles. The molecule has 0 saturated heterocycles. The largest absolute Gasteiger partial charge is 0.534 e. The lowest BCUT2D eigenvalue weighted by Gasteiger charge is -2.43. The van der Waals surface area contributed by atoms with E-state index in [0.717, 1.165) is 18.7 Å². The van der Waals surface area contributed by atoms with Gasteiger partial charge in [0.25, 0.3) is 0 Å². The van der Waals surface area contributed by atoms with Crippen molar-refractivity contribution in [3.05, 3.63) is 114 Å².